The fourth-order valence-corrected chi connectivity index (χ4v) is 7.54. The van der Waals surface area contributed by atoms with Crippen LogP contribution in [-0.2, 0) is 9.59 Å². The molecule has 3 aliphatic carbocycles. The second-order valence-electron chi connectivity index (χ2n) is 11.4. The van der Waals surface area contributed by atoms with Gasteiger partial charge in [-0.2, -0.15) is 0 Å². The van der Waals surface area contributed by atoms with Crippen LogP contribution in [0.1, 0.15) is 77.6 Å². The van der Waals surface area contributed by atoms with Crippen molar-refractivity contribution in [2.45, 2.75) is 101 Å². The van der Waals surface area contributed by atoms with Gasteiger partial charge in [-0.05, 0) is 88.4 Å². The summed E-state index contributed by atoms with van der Waals surface area (Å²) in [6, 6.07) is 0.102. The number of nitrogens with one attached hydrogen (secondary N) is 2. The average molecular weight is 480 g/mol. The zero-order valence-corrected chi connectivity index (χ0v) is 20.7. The van der Waals surface area contributed by atoms with Crippen LogP contribution in [0.25, 0.3) is 0 Å². The molecule has 1 saturated heterocycles. The Hall–Kier alpha value is -1.34. The van der Waals surface area contributed by atoms with Gasteiger partial charge < -0.3 is 16.8 Å². The Labute approximate surface area is 203 Å². The van der Waals surface area contributed by atoms with Crippen molar-refractivity contribution in [2.75, 3.05) is 6.54 Å². The molecule has 8 heteroatoms. The Morgan fingerprint density at radius 1 is 0.970 bits per heavy atom. The number of carbonyl (C=O) groups is 2. The summed E-state index contributed by atoms with van der Waals surface area (Å²) in [4.78, 5) is 27.6. The molecule has 0 aromatic heterocycles. The summed E-state index contributed by atoms with van der Waals surface area (Å²) < 4.78 is 0. The van der Waals surface area contributed by atoms with Crippen LogP contribution < -0.4 is 16.8 Å². The van der Waals surface area contributed by atoms with Gasteiger partial charge in [-0.15, -0.1) is 11.6 Å². The standard InChI is InChI=1S/C25H42ClN5O2/c1-14-2-9-18(10-3-14)30-25(33)22-21(26)19-11-8-17(23(27)28)12-20(19)31(22)13-15-4-6-16(7-5-15)24(29)32/h14-22H,2-13H2,1H3,(H3,27,28)(H2,29,32)(H,30,33). The Bertz CT molecular complexity index is 732. The van der Waals surface area contributed by atoms with Crippen LogP contribution in [0.4, 0.5) is 0 Å². The lowest BCUT2D eigenvalue weighted by Crippen LogP contribution is -2.53. The second kappa shape index (κ2) is 10.5. The quantitative estimate of drug-likeness (QED) is 0.265. The second-order valence-corrected chi connectivity index (χ2v) is 11.9. The maximum absolute atomic E-state index is 13.6. The number of hydrogen-bond donors (Lipinski definition) is 4. The maximum Gasteiger partial charge on any atom is 0.239 e. The lowest BCUT2D eigenvalue weighted by molar-refractivity contribution is -0.127. The molecule has 3 saturated carbocycles. The van der Waals surface area contributed by atoms with Gasteiger partial charge in [0.25, 0.3) is 0 Å². The third-order valence-electron chi connectivity index (χ3n) is 9.15. The van der Waals surface area contributed by atoms with Crippen molar-refractivity contribution < 1.29 is 9.59 Å². The number of nitrogens with zero attached hydrogens (tertiary/aromatic N) is 1. The number of primary amides is 1. The molecule has 0 spiro atoms. The van der Waals surface area contributed by atoms with Crippen molar-refractivity contribution in [1.82, 2.24) is 10.2 Å². The fraction of sp³-hybridized carbons (Fsp3) is 0.880. The summed E-state index contributed by atoms with van der Waals surface area (Å²) in [6.07, 6.45) is 10.6. The van der Waals surface area contributed by atoms with E-state index in [9.17, 15) is 9.59 Å². The van der Waals surface area contributed by atoms with E-state index >= 15 is 0 Å². The summed E-state index contributed by atoms with van der Waals surface area (Å²) in [7, 11) is 0. The van der Waals surface area contributed by atoms with E-state index < -0.39 is 0 Å². The highest BCUT2D eigenvalue weighted by molar-refractivity contribution is 6.23. The Kier molecular flexibility index (Phi) is 7.89. The number of fused-ring (bicyclic) bond motifs is 1. The molecule has 1 heterocycles. The summed E-state index contributed by atoms with van der Waals surface area (Å²) in [5.74, 6) is 1.63. The largest absolute Gasteiger partial charge is 0.387 e. The first kappa shape index (κ1) is 24.8. The van der Waals surface area contributed by atoms with Crippen LogP contribution in [0.15, 0.2) is 0 Å². The molecule has 6 N–H and O–H groups in total. The minimum atomic E-state index is -0.333. The maximum atomic E-state index is 13.6. The number of halogens is 1. The van der Waals surface area contributed by atoms with Crippen LogP contribution in [0.5, 0.6) is 0 Å². The van der Waals surface area contributed by atoms with E-state index in [0.29, 0.717) is 5.92 Å². The SMILES string of the molecule is CC1CCC(NC(=O)C2C(Cl)C3CCC(C(=N)N)CC3N2CC2CCC(C(N)=O)CC2)CC1. The molecular weight excluding hydrogens is 438 g/mol. The Balaban J connectivity index is 1.48. The van der Waals surface area contributed by atoms with Gasteiger partial charge in [-0.3, -0.25) is 19.9 Å². The zero-order chi connectivity index (χ0) is 23.7. The summed E-state index contributed by atoms with van der Waals surface area (Å²) >= 11 is 7.04. The van der Waals surface area contributed by atoms with Crippen molar-refractivity contribution in [3.8, 4) is 0 Å². The predicted molar refractivity (Wildman–Crippen MR) is 131 cm³/mol. The fourth-order valence-electron chi connectivity index (χ4n) is 6.99. The van der Waals surface area contributed by atoms with Crippen LogP contribution >= 0.6 is 11.6 Å². The van der Waals surface area contributed by atoms with Gasteiger partial charge in [0.1, 0.15) is 6.04 Å². The van der Waals surface area contributed by atoms with Crippen molar-refractivity contribution in [3.05, 3.63) is 0 Å². The highest BCUT2D eigenvalue weighted by atomic mass is 35.5. The van der Waals surface area contributed by atoms with Crippen molar-refractivity contribution >= 4 is 29.3 Å². The molecule has 5 unspecified atom stereocenters. The molecule has 186 valence electrons. The van der Waals surface area contributed by atoms with E-state index in [1.165, 1.54) is 0 Å². The molecule has 1 aliphatic heterocycles. The number of amides is 2. The minimum absolute atomic E-state index is 0.0158. The molecule has 2 amide bonds. The van der Waals surface area contributed by atoms with Crippen LogP contribution in [-0.4, -0.2) is 52.6 Å². The van der Waals surface area contributed by atoms with Crippen molar-refractivity contribution in [2.24, 2.45) is 41.1 Å². The molecule has 33 heavy (non-hydrogen) atoms. The summed E-state index contributed by atoms with van der Waals surface area (Å²) in [5.41, 5.74) is 11.4. The molecule has 7 nitrogen and oxygen atoms in total. The zero-order valence-electron chi connectivity index (χ0n) is 20.0. The lowest BCUT2D eigenvalue weighted by Gasteiger charge is -2.39. The Morgan fingerprint density at radius 2 is 1.61 bits per heavy atom. The van der Waals surface area contributed by atoms with Gasteiger partial charge in [0.2, 0.25) is 11.8 Å². The number of alkyl halides is 1. The molecule has 0 aromatic carbocycles. The first-order valence-electron chi connectivity index (χ1n) is 13.1. The first-order valence-corrected chi connectivity index (χ1v) is 13.5. The van der Waals surface area contributed by atoms with Gasteiger partial charge in [0.05, 0.1) is 11.2 Å². The van der Waals surface area contributed by atoms with E-state index in [4.69, 9.17) is 28.5 Å². The van der Waals surface area contributed by atoms with Crippen LogP contribution in [0.3, 0.4) is 0 Å². The van der Waals surface area contributed by atoms with E-state index in [1.54, 1.807) is 0 Å². The molecule has 4 aliphatic rings. The number of amidine groups is 1. The molecule has 0 radical (unpaired) electrons. The van der Waals surface area contributed by atoms with Gasteiger partial charge in [-0.1, -0.05) is 6.92 Å². The van der Waals surface area contributed by atoms with Gasteiger partial charge in [0, 0.05) is 30.5 Å². The van der Waals surface area contributed by atoms with Crippen molar-refractivity contribution in [1.29, 1.82) is 5.41 Å². The van der Waals surface area contributed by atoms with E-state index in [2.05, 4.69) is 17.1 Å². The van der Waals surface area contributed by atoms with E-state index in [-0.39, 0.29) is 58.9 Å². The summed E-state index contributed by atoms with van der Waals surface area (Å²) in [5, 5.41) is 11.1. The minimum Gasteiger partial charge on any atom is -0.387 e. The topological polar surface area (TPSA) is 125 Å². The highest BCUT2D eigenvalue weighted by Gasteiger charge is 2.53. The summed E-state index contributed by atoms with van der Waals surface area (Å²) in [6.45, 7) is 3.11. The number of nitrogens with two attached hydrogens (primary N) is 2. The number of carbonyl (C=O) groups excluding carboxylic acids is 2. The highest BCUT2D eigenvalue weighted by Crippen LogP contribution is 2.45. The molecule has 5 atom stereocenters. The first-order chi connectivity index (χ1) is 15.7. The predicted octanol–water partition coefficient (Wildman–Crippen LogP) is 2.99. The smallest absolute Gasteiger partial charge is 0.239 e. The monoisotopic (exact) mass is 479 g/mol. The number of hydrogen-bond acceptors (Lipinski definition) is 4. The van der Waals surface area contributed by atoms with E-state index in [0.717, 1.165) is 83.1 Å². The average Bonchev–Trinajstić information content (AvgIpc) is 3.06. The third-order valence-corrected chi connectivity index (χ3v) is 9.71. The third kappa shape index (κ3) is 5.50. The molecule has 4 fully saturated rings. The molecular formula is C25H42ClN5O2. The van der Waals surface area contributed by atoms with Gasteiger partial charge in [0.15, 0.2) is 0 Å². The van der Waals surface area contributed by atoms with Crippen LogP contribution in [0, 0.1) is 35.0 Å². The number of likely N-dealkylation sites (tertiary alicyclic amines) is 1. The molecule has 0 aromatic rings. The molecule has 4 rings (SSSR count). The van der Waals surface area contributed by atoms with Crippen molar-refractivity contribution in [3.63, 3.8) is 0 Å². The lowest BCUT2D eigenvalue weighted by atomic mass is 9.77. The normalized spacial score (nSPS) is 41.8. The van der Waals surface area contributed by atoms with Crippen LogP contribution in [0.2, 0.25) is 0 Å². The van der Waals surface area contributed by atoms with E-state index in [1.807, 2.05) is 0 Å². The number of rotatable bonds is 6. The molecule has 0 bridgehead atoms. The Morgan fingerprint density at radius 3 is 2.21 bits per heavy atom. The van der Waals surface area contributed by atoms with Gasteiger partial charge in [-0.25, -0.2) is 0 Å². The van der Waals surface area contributed by atoms with Gasteiger partial charge >= 0.3 is 0 Å².